The Morgan fingerprint density at radius 2 is 2.00 bits per heavy atom. The van der Waals surface area contributed by atoms with Gasteiger partial charge in [-0.25, -0.2) is 14.1 Å². The smallest absolute Gasteiger partial charge is 0.293 e. The molecule has 2 heterocycles. The molecule has 2 aromatic carbocycles. The third-order valence-electron chi connectivity index (χ3n) is 5.31. The maximum atomic E-state index is 14.0. The van der Waals surface area contributed by atoms with Gasteiger partial charge in [0.05, 0.1) is 6.54 Å². The third-order valence-corrected chi connectivity index (χ3v) is 6.07. The van der Waals surface area contributed by atoms with Crippen LogP contribution in [0.15, 0.2) is 53.2 Å². The molecular formula is C25H23Cl2FN4O3. The average molecular weight is 517 g/mol. The van der Waals surface area contributed by atoms with E-state index in [1.165, 1.54) is 23.1 Å². The Labute approximate surface area is 211 Å². The molecule has 0 saturated heterocycles. The van der Waals surface area contributed by atoms with Crippen LogP contribution in [0.3, 0.4) is 0 Å². The number of amides is 1. The number of furan rings is 1. The van der Waals surface area contributed by atoms with Crippen LogP contribution >= 0.6 is 23.2 Å². The van der Waals surface area contributed by atoms with Gasteiger partial charge in [-0.05, 0) is 60.4 Å². The number of benzene rings is 2. The molecule has 0 saturated carbocycles. The molecule has 182 valence electrons. The van der Waals surface area contributed by atoms with Gasteiger partial charge in [-0.3, -0.25) is 10.1 Å². The SMILES string of the molecule is Cc1cc(OCc2ccc(C(=O)Nc3ncn(Cc4c(F)cccc4Cl)n3)o2)c(C(C)C)cc1Cl. The topological polar surface area (TPSA) is 82.2 Å². The Morgan fingerprint density at radius 3 is 2.74 bits per heavy atom. The normalized spacial score (nSPS) is 11.2. The average Bonchev–Trinajstić information content (AvgIpc) is 3.46. The zero-order valence-corrected chi connectivity index (χ0v) is 20.8. The molecule has 1 N–H and O–H groups in total. The lowest BCUT2D eigenvalue weighted by Crippen LogP contribution is -2.13. The molecular weight excluding hydrogens is 494 g/mol. The highest BCUT2D eigenvalue weighted by Gasteiger charge is 2.16. The number of carbonyl (C=O) groups is 1. The number of rotatable bonds is 8. The van der Waals surface area contributed by atoms with Crippen LogP contribution in [-0.4, -0.2) is 20.7 Å². The molecule has 10 heteroatoms. The minimum absolute atomic E-state index is 0.0508. The number of hydrogen-bond acceptors (Lipinski definition) is 5. The summed E-state index contributed by atoms with van der Waals surface area (Å²) >= 11 is 12.3. The maximum Gasteiger partial charge on any atom is 0.293 e. The number of carbonyl (C=O) groups excluding carboxylic acids is 1. The summed E-state index contributed by atoms with van der Waals surface area (Å²) < 4.78 is 27.0. The van der Waals surface area contributed by atoms with Crippen molar-refractivity contribution in [2.75, 3.05) is 5.32 Å². The van der Waals surface area contributed by atoms with E-state index in [0.29, 0.717) is 16.5 Å². The summed E-state index contributed by atoms with van der Waals surface area (Å²) in [6.45, 7) is 6.24. The number of aryl methyl sites for hydroxylation is 1. The summed E-state index contributed by atoms with van der Waals surface area (Å²) in [4.78, 5) is 16.6. The first-order valence-electron chi connectivity index (χ1n) is 10.9. The quantitative estimate of drug-likeness (QED) is 0.284. The molecule has 4 aromatic rings. The fourth-order valence-electron chi connectivity index (χ4n) is 3.41. The molecule has 0 fully saturated rings. The summed E-state index contributed by atoms with van der Waals surface area (Å²) in [7, 11) is 0. The number of nitrogens with one attached hydrogen (secondary N) is 1. The second-order valence-electron chi connectivity index (χ2n) is 8.27. The molecule has 0 aliphatic heterocycles. The highest BCUT2D eigenvalue weighted by molar-refractivity contribution is 6.31. The highest BCUT2D eigenvalue weighted by Crippen LogP contribution is 2.32. The largest absolute Gasteiger partial charge is 0.485 e. The van der Waals surface area contributed by atoms with Gasteiger partial charge in [-0.1, -0.05) is 43.1 Å². The molecule has 0 unspecified atom stereocenters. The highest BCUT2D eigenvalue weighted by atomic mass is 35.5. The number of nitrogens with zero attached hydrogens (tertiary/aromatic N) is 3. The number of anilines is 1. The number of hydrogen-bond donors (Lipinski definition) is 1. The van der Waals surface area contributed by atoms with Gasteiger partial charge in [0.25, 0.3) is 5.91 Å². The third kappa shape index (κ3) is 5.83. The van der Waals surface area contributed by atoms with Gasteiger partial charge in [0.15, 0.2) is 5.76 Å². The second-order valence-corrected chi connectivity index (χ2v) is 9.08. The van der Waals surface area contributed by atoms with Gasteiger partial charge in [-0.2, -0.15) is 0 Å². The molecule has 35 heavy (non-hydrogen) atoms. The number of aromatic nitrogens is 3. The fraction of sp³-hybridized carbons (Fsp3) is 0.240. The van der Waals surface area contributed by atoms with Crippen molar-refractivity contribution in [1.82, 2.24) is 14.8 Å². The van der Waals surface area contributed by atoms with E-state index in [9.17, 15) is 9.18 Å². The molecule has 7 nitrogen and oxygen atoms in total. The lowest BCUT2D eigenvalue weighted by molar-refractivity contribution is 0.0991. The first kappa shape index (κ1) is 24.8. The van der Waals surface area contributed by atoms with Crippen molar-refractivity contribution in [3.8, 4) is 5.75 Å². The van der Waals surface area contributed by atoms with Crippen LogP contribution in [0.4, 0.5) is 10.3 Å². The Hall–Kier alpha value is -3.36. The molecule has 0 radical (unpaired) electrons. The standard InChI is InChI=1S/C25H23Cl2FN4O3/c1-14(2)17-10-20(27)15(3)9-23(17)34-12-16-7-8-22(35-16)24(33)30-25-29-13-32(31-25)11-18-19(26)5-4-6-21(18)28/h4-10,13-14H,11-12H2,1-3H3,(H,30,31,33). The molecule has 0 bridgehead atoms. The van der Waals surface area contributed by atoms with Crippen LogP contribution in [0.5, 0.6) is 5.75 Å². The van der Waals surface area contributed by atoms with E-state index in [-0.39, 0.29) is 41.4 Å². The van der Waals surface area contributed by atoms with E-state index in [4.69, 9.17) is 32.4 Å². The first-order valence-corrected chi connectivity index (χ1v) is 11.6. The van der Waals surface area contributed by atoms with Crippen molar-refractivity contribution in [1.29, 1.82) is 0 Å². The molecule has 0 spiro atoms. The van der Waals surface area contributed by atoms with Gasteiger partial charge in [-0.15, -0.1) is 5.10 Å². The lowest BCUT2D eigenvalue weighted by Gasteiger charge is -2.15. The van der Waals surface area contributed by atoms with Crippen molar-refractivity contribution in [2.45, 2.75) is 39.8 Å². The van der Waals surface area contributed by atoms with Gasteiger partial charge in [0.2, 0.25) is 5.95 Å². The predicted octanol–water partition coefficient (Wildman–Crippen LogP) is 6.63. The molecule has 0 aliphatic carbocycles. The Bertz CT molecular complexity index is 1350. The van der Waals surface area contributed by atoms with E-state index in [1.54, 1.807) is 18.2 Å². The van der Waals surface area contributed by atoms with E-state index in [1.807, 2.05) is 19.1 Å². The minimum Gasteiger partial charge on any atom is -0.485 e. The number of halogens is 3. The van der Waals surface area contributed by atoms with E-state index in [0.717, 1.165) is 11.1 Å². The van der Waals surface area contributed by atoms with E-state index >= 15 is 0 Å². The van der Waals surface area contributed by atoms with Crippen LogP contribution in [0.25, 0.3) is 0 Å². The first-order chi connectivity index (χ1) is 16.7. The summed E-state index contributed by atoms with van der Waals surface area (Å²) in [5, 5.41) is 7.68. The fourth-order valence-corrected chi connectivity index (χ4v) is 3.80. The van der Waals surface area contributed by atoms with Crippen LogP contribution in [-0.2, 0) is 13.2 Å². The zero-order valence-electron chi connectivity index (χ0n) is 19.3. The molecule has 2 aromatic heterocycles. The monoisotopic (exact) mass is 516 g/mol. The Kier molecular flexibility index (Phi) is 7.42. The molecule has 4 rings (SSSR count). The summed E-state index contributed by atoms with van der Waals surface area (Å²) in [5.74, 6) is 0.576. The lowest BCUT2D eigenvalue weighted by atomic mass is 10.0. The van der Waals surface area contributed by atoms with Crippen molar-refractivity contribution < 1.29 is 18.3 Å². The summed E-state index contributed by atoms with van der Waals surface area (Å²) in [6, 6.07) is 11.4. The van der Waals surface area contributed by atoms with E-state index < -0.39 is 11.7 Å². The van der Waals surface area contributed by atoms with E-state index in [2.05, 4.69) is 29.2 Å². The molecule has 0 aliphatic rings. The molecule has 0 atom stereocenters. The van der Waals surface area contributed by atoms with Crippen molar-refractivity contribution in [3.63, 3.8) is 0 Å². The van der Waals surface area contributed by atoms with Gasteiger partial charge >= 0.3 is 0 Å². The summed E-state index contributed by atoms with van der Waals surface area (Å²) in [6.07, 6.45) is 1.38. The van der Waals surface area contributed by atoms with Gasteiger partial charge in [0.1, 0.15) is 30.3 Å². The van der Waals surface area contributed by atoms with Crippen LogP contribution in [0.1, 0.15) is 52.8 Å². The van der Waals surface area contributed by atoms with Crippen LogP contribution in [0, 0.1) is 12.7 Å². The van der Waals surface area contributed by atoms with Gasteiger partial charge < -0.3 is 9.15 Å². The maximum absolute atomic E-state index is 14.0. The minimum atomic E-state index is -0.525. The summed E-state index contributed by atoms with van der Waals surface area (Å²) in [5.41, 5.74) is 2.18. The van der Waals surface area contributed by atoms with Crippen molar-refractivity contribution >= 4 is 35.1 Å². The van der Waals surface area contributed by atoms with Crippen LogP contribution in [0.2, 0.25) is 10.0 Å². The zero-order chi connectivity index (χ0) is 25.1. The van der Waals surface area contributed by atoms with Gasteiger partial charge in [0, 0.05) is 15.6 Å². The second kappa shape index (κ2) is 10.5. The predicted molar refractivity (Wildman–Crippen MR) is 132 cm³/mol. The van der Waals surface area contributed by atoms with Crippen molar-refractivity contribution in [3.05, 3.63) is 92.9 Å². The molecule has 1 amide bonds. The van der Waals surface area contributed by atoms with Crippen molar-refractivity contribution in [2.24, 2.45) is 0 Å². The van der Waals surface area contributed by atoms with Crippen LogP contribution < -0.4 is 10.1 Å². The Morgan fingerprint density at radius 1 is 1.20 bits per heavy atom. The Balaban J connectivity index is 1.39. The number of ether oxygens (including phenoxy) is 1.